The molecule has 2 fully saturated rings. The van der Waals surface area contributed by atoms with E-state index in [0.717, 1.165) is 84.0 Å². The lowest BCUT2D eigenvalue weighted by Gasteiger charge is -2.27. The zero-order valence-electron chi connectivity index (χ0n) is 32.0. The first-order chi connectivity index (χ1) is 27.2. The normalized spacial score (nSPS) is 15.9. The topological polar surface area (TPSA) is 89.6 Å². The highest BCUT2D eigenvalue weighted by Crippen LogP contribution is 2.42. The predicted molar refractivity (Wildman–Crippen MR) is 211 cm³/mol. The molecule has 0 atom stereocenters. The van der Waals surface area contributed by atoms with Crippen LogP contribution in [0.1, 0.15) is 47.9 Å². The highest BCUT2D eigenvalue weighted by molar-refractivity contribution is 6.07. The summed E-state index contributed by atoms with van der Waals surface area (Å²) in [6.45, 7) is 3.89. The lowest BCUT2D eigenvalue weighted by Crippen LogP contribution is -2.34. The maximum Gasteiger partial charge on any atom is 0.253 e. The molecule has 0 radical (unpaired) electrons. The number of hydrogen-bond donors (Lipinski definition) is 1. The van der Waals surface area contributed by atoms with Crippen LogP contribution in [0.4, 0.5) is 8.78 Å². The minimum atomic E-state index is -0.325. The number of halogens is 2. The molecule has 9 nitrogen and oxygen atoms in total. The second-order valence-corrected chi connectivity index (χ2v) is 14.6. The minimum Gasteiger partial charge on any atom is -0.497 e. The van der Waals surface area contributed by atoms with Crippen molar-refractivity contribution in [3.05, 3.63) is 130 Å². The molecule has 0 bridgehead atoms. The number of methoxy groups -OCH3 is 1. The van der Waals surface area contributed by atoms with Crippen LogP contribution in [0, 0.1) is 17.6 Å². The predicted octanol–water partition coefficient (Wildman–Crippen LogP) is 7.14. The van der Waals surface area contributed by atoms with Gasteiger partial charge in [-0.05, 0) is 117 Å². The molecule has 0 aromatic heterocycles. The standard InChI is InChI=1S/C24H24FNO3.C21H23FN2O3/c25-18-7-5-17(6-8-18)23-20-13-19(28-14-16-3-4-16)9-10-22(20)29-15-21(23)24(27)26-11-1-2-12-26;1-24(2)11-10-23-21(25)18-13-27-19-9-8-16(26-3)12-17(19)20(18)14-4-6-15(22)7-5-14/h5-10,13,16H,1-4,11-12,14-15H2;4-9,12H,10-11,13H2,1-3H3,(H,23,25). The van der Waals surface area contributed by atoms with Crippen molar-refractivity contribution in [3.8, 4) is 23.0 Å². The van der Waals surface area contributed by atoms with Crippen LogP contribution in [0.15, 0.2) is 96.1 Å². The van der Waals surface area contributed by atoms with E-state index in [1.807, 2.05) is 60.3 Å². The Balaban J connectivity index is 0.000000172. The number of benzene rings is 4. The lowest BCUT2D eigenvalue weighted by molar-refractivity contribution is -0.126. The van der Waals surface area contributed by atoms with Gasteiger partial charge < -0.3 is 34.1 Å². The first-order valence-electron chi connectivity index (χ1n) is 19.1. The second-order valence-electron chi connectivity index (χ2n) is 14.6. The number of likely N-dealkylation sites (N-methyl/N-ethyl adjacent to an activating group) is 1. The summed E-state index contributed by atoms with van der Waals surface area (Å²) < 4.78 is 50.0. The van der Waals surface area contributed by atoms with Crippen molar-refractivity contribution in [1.29, 1.82) is 0 Å². The van der Waals surface area contributed by atoms with E-state index in [1.165, 1.54) is 37.1 Å². The monoisotopic (exact) mass is 763 g/mol. The Morgan fingerprint density at radius 3 is 1.86 bits per heavy atom. The molecule has 1 saturated carbocycles. The number of ether oxygens (including phenoxy) is 4. The molecule has 4 aliphatic rings. The quantitative estimate of drug-likeness (QED) is 0.174. The van der Waals surface area contributed by atoms with Crippen LogP contribution in [0.25, 0.3) is 11.1 Å². The number of fused-ring (bicyclic) bond motifs is 2. The number of carbonyl (C=O) groups excluding carboxylic acids is 2. The van der Waals surface area contributed by atoms with Crippen molar-refractivity contribution >= 4 is 23.0 Å². The van der Waals surface area contributed by atoms with E-state index in [4.69, 9.17) is 18.9 Å². The Morgan fingerprint density at radius 1 is 0.768 bits per heavy atom. The summed E-state index contributed by atoms with van der Waals surface area (Å²) in [5, 5.41) is 2.93. The number of nitrogens with one attached hydrogen (secondary N) is 1. The van der Waals surface area contributed by atoms with Crippen molar-refractivity contribution in [3.63, 3.8) is 0 Å². The van der Waals surface area contributed by atoms with Crippen LogP contribution < -0.4 is 24.3 Å². The highest BCUT2D eigenvalue weighted by Gasteiger charge is 2.31. The molecule has 4 aromatic rings. The summed E-state index contributed by atoms with van der Waals surface area (Å²) in [7, 11) is 5.48. The van der Waals surface area contributed by atoms with E-state index in [2.05, 4.69) is 5.32 Å². The molecule has 0 unspecified atom stereocenters. The van der Waals surface area contributed by atoms with Gasteiger partial charge in [-0.1, -0.05) is 24.3 Å². The minimum absolute atomic E-state index is 0.0109. The molecule has 3 heterocycles. The Morgan fingerprint density at radius 2 is 1.30 bits per heavy atom. The van der Waals surface area contributed by atoms with Crippen molar-refractivity contribution < 1.29 is 37.3 Å². The molecular formula is C45H47F2N3O6. The molecule has 11 heteroatoms. The lowest BCUT2D eigenvalue weighted by atomic mass is 9.90. The van der Waals surface area contributed by atoms with Gasteiger partial charge in [0, 0.05) is 48.5 Å². The fourth-order valence-electron chi connectivity index (χ4n) is 7.00. The number of carbonyl (C=O) groups is 2. The smallest absolute Gasteiger partial charge is 0.253 e. The SMILES string of the molecule is COc1ccc2c(c1)C(c1ccc(F)cc1)=C(C(=O)NCCN(C)C)CO2.O=C(C1=C(c2ccc(F)cc2)c2cc(OCC3CC3)ccc2OC1)N1CCCC1. The van der Waals surface area contributed by atoms with Crippen LogP contribution in [0.3, 0.4) is 0 Å². The molecule has 1 saturated heterocycles. The van der Waals surface area contributed by atoms with Crippen LogP contribution in [0.2, 0.25) is 0 Å². The first-order valence-corrected chi connectivity index (χ1v) is 19.1. The average Bonchev–Trinajstić information content (AvgIpc) is 3.89. The molecule has 8 rings (SSSR count). The van der Waals surface area contributed by atoms with E-state index >= 15 is 0 Å². The third-order valence-electron chi connectivity index (χ3n) is 10.2. The van der Waals surface area contributed by atoms with Crippen molar-refractivity contribution in [2.75, 3.05) is 67.2 Å². The zero-order valence-corrected chi connectivity index (χ0v) is 32.0. The van der Waals surface area contributed by atoms with E-state index in [-0.39, 0.29) is 36.7 Å². The fraction of sp³-hybridized carbons (Fsp3) is 0.333. The van der Waals surface area contributed by atoms with Gasteiger partial charge in [-0.3, -0.25) is 9.59 Å². The van der Waals surface area contributed by atoms with E-state index in [0.29, 0.717) is 35.1 Å². The first kappa shape index (κ1) is 38.6. The summed E-state index contributed by atoms with van der Waals surface area (Å²) in [4.78, 5) is 30.0. The Bertz CT molecular complexity index is 2120. The summed E-state index contributed by atoms with van der Waals surface area (Å²) in [6.07, 6.45) is 4.51. The Labute approximate surface area is 326 Å². The van der Waals surface area contributed by atoms with Crippen molar-refractivity contribution in [2.45, 2.75) is 25.7 Å². The molecule has 0 spiro atoms. The van der Waals surface area contributed by atoms with Gasteiger partial charge in [-0.15, -0.1) is 0 Å². The van der Waals surface area contributed by atoms with Gasteiger partial charge in [0.1, 0.15) is 47.8 Å². The number of nitrogens with zero attached hydrogens (tertiary/aromatic N) is 2. The van der Waals surface area contributed by atoms with Crippen LogP contribution in [-0.4, -0.2) is 88.8 Å². The fourth-order valence-corrected chi connectivity index (χ4v) is 7.00. The van der Waals surface area contributed by atoms with Crippen molar-refractivity contribution in [1.82, 2.24) is 15.1 Å². The van der Waals surface area contributed by atoms with Gasteiger partial charge in [0.15, 0.2) is 0 Å². The highest BCUT2D eigenvalue weighted by atomic mass is 19.1. The summed E-state index contributed by atoms with van der Waals surface area (Å²) in [6, 6.07) is 23.7. The van der Waals surface area contributed by atoms with Gasteiger partial charge >= 0.3 is 0 Å². The Kier molecular flexibility index (Phi) is 12.0. The summed E-state index contributed by atoms with van der Waals surface area (Å²) >= 11 is 0. The molecule has 1 N–H and O–H groups in total. The Hall–Kier alpha value is -5.68. The van der Waals surface area contributed by atoms with Gasteiger partial charge in [0.2, 0.25) is 0 Å². The molecule has 2 amide bonds. The third kappa shape index (κ3) is 9.05. The van der Waals surface area contributed by atoms with Crippen LogP contribution in [0.5, 0.6) is 23.0 Å². The van der Waals surface area contributed by atoms with Gasteiger partial charge in [0.25, 0.3) is 11.8 Å². The summed E-state index contributed by atoms with van der Waals surface area (Å²) in [5.41, 5.74) is 5.86. The number of hydrogen-bond acceptors (Lipinski definition) is 7. The van der Waals surface area contributed by atoms with Crippen LogP contribution >= 0.6 is 0 Å². The van der Waals surface area contributed by atoms with Crippen molar-refractivity contribution in [2.24, 2.45) is 5.92 Å². The van der Waals surface area contributed by atoms with E-state index < -0.39 is 0 Å². The van der Waals surface area contributed by atoms with Gasteiger partial charge in [-0.25, -0.2) is 8.78 Å². The van der Waals surface area contributed by atoms with E-state index in [9.17, 15) is 18.4 Å². The maximum atomic E-state index is 13.6. The molecular weight excluding hydrogens is 717 g/mol. The number of likely N-dealkylation sites (tertiary alicyclic amines) is 1. The van der Waals surface area contributed by atoms with Crippen LogP contribution in [-0.2, 0) is 9.59 Å². The molecule has 1 aliphatic carbocycles. The second kappa shape index (κ2) is 17.4. The van der Waals surface area contributed by atoms with Gasteiger partial charge in [-0.2, -0.15) is 0 Å². The van der Waals surface area contributed by atoms with E-state index in [1.54, 1.807) is 31.4 Å². The summed E-state index contributed by atoms with van der Waals surface area (Å²) in [5.74, 6) is 2.67. The molecule has 292 valence electrons. The average molecular weight is 764 g/mol. The third-order valence-corrected chi connectivity index (χ3v) is 10.2. The number of rotatable bonds is 11. The van der Waals surface area contributed by atoms with Gasteiger partial charge in [0.05, 0.1) is 24.9 Å². The number of amides is 2. The maximum absolute atomic E-state index is 13.6. The molecule has 56 heavy (non-hydrogen) atoms. The zero-order chi connectivity index (χ0) is 39.2. The largest absolute Gasteiger partial charge is 0.497 e. The molecule has 4 aromatic carbocycles. The molecule has 3 aliphatic heterocycles.